The van der Waals surface area contributed by atoms with E-state index in [1.54, 1.807) is 26.8 Å². The number of aliphatic hydroxyl groups is 1. The Morgan fingerprint density at radius 1 is 1.20 bits per heavy atom. The molecular formula is C28H40ClFO5. The largest absolute Gasteiger partial charge is 0.457 e. The first kappa shape index (κ1) is 28.0. The van der Waals surface area contributed by atoms with E-state index in [0.29, 0.717) is 24.8 Å². The number of carbonyl (C=O) groups is 3. The van der Waals surface area contributed by atoms with Crippen molar-refractivity contribution in [2.75, 3.05) is 6.61 Å². The fourth-order valence-corrected chi connectivity index (χ4v) is 7.67. The number of hydrogen-bond acceptors (Lipinski definition) is 5. The summed E-state index contributed by atoms with van der Waals surface area (Å²) in [5.41, 5.74) is -1.92. The van der Waals surface area contributed by atoms with Crippen molar-refractivity contribution >= 4 is 29.1 Å². The highest BCUT2D eigenvalue weighted by atomic mass is 35.5. The number of esters is 1. The molecule has 3 fully saturated rings. The van der Waals surface area contributed by atoms with E-state index in [-0.39, 0.29) is 36.4 Å². The standard InChI is InChI=1S/C26H34ClFO5.C2H6/c1-23(2,3)22(32)33-13-20(30)16-7-6-15-17-11-19(28)18-10-14(29)8-9-25(18,5)26(17,27)21(31)12-24(15,16)4;1-2/h8-10,15-17,19,21,31H,6-7,11-13H2,1-5H3;1-2H3/t15?,16?,17?,19-,21-,24-,25-,26-;/m0./s1. The molecule has 0 spiro atoms. The lowest BCUT2D eigenvalue weighted by Crippen LogP contribution is -2.67. The predicted molar refractivity (Wildman–Crippen MR) is 134 cm³/mol. The molecule has 0 bridgehead atoms. The maximum Gasteiger partial charge on any atom is 0.311 e. The third-order valence-electron chi connectivity index (χ3n) is 8.97. The van der Waals surface area contributed by atoms with E-state index in [4.69, 9.17) is 16.3 Å². The number of allylic oxidation sites excluding steroid dienone is 4. The molecule has 0 radical (unpaired) electrons. The van der Waals surface area contributed by atoms with Crippen LogP contribution in [0.25, 0.3) is 0 Å². The summed E-state index contributed by atoms with van der Waals surface area (Å²) >= 11 is 7.29. The fraction of sp³-hybridized carbons (Fsp3) is 0.750. The Labute approximate surface area is 213 Å². The summed E-state index contributed by atoms with van der Waals surface area (Å²) in [5, 5.41) is 11.5. The average molecular weight is 511 g/mol. The van der Waals surface area contributed by atoms with Gasteiger partial charge in [-0.05, 0) is 81.4 Å². The van der Waals surface area contributed by atoms with Crippen LogP contribution < -0.4 is 0 Å². The summed E-state index contributed by atoms with van der Waals surface area (Å²) in [6.07, 6.45) is 3.76. The third kappa shape index (κ3) is 4.22. The smallest absolute Gasteiger partial charge is 0.311 e. The first-order valence-corrected chi connectivity index (χ1v) is 13.2. The van der Waals surface area contributed by atoms with E-state index >= 15 is 4.39 Å². The van der Waals surface area contributed by atoms with Crippen LogP contribution in [-0.4, -0.2) is 46.4 Å². The van der Waals surface area contributed by atoms with Crippen molar-refractivity contribution < 1.29 is 28.6 Å². The fourth-order valence-electron chi connectivity index (χ4n) is 7.18. The van der Waals surface area contributed by atoms with Gasteiger partial charge in [0.05, 0.1) is 16.4 Å². The van der Waals surface area contributed by atoms with Crippen LogP contribution in [0.5, 0.6) is 0 Å². The zero-order valence-corrected chi connectivity index (χ0v) is 22.7. The second kappa shape index (κ2) is 9.41. The molecule has 3 unspecified atom stereocenters. The van der Waals surface area contributed by atoms with E-state index in [0.717, 1.165) is 0 Å². The van der Waals surface area contributed by atoms with Crippen LogP contribution in [0, 0.1) is 34.0 Å². The zero-order valence-electron chi connectivity index (χ0n) is 22.0. The molecule has 0 aromatic heterocycles. The number of aliphatic hydroxyl groups excluding tert-OH is 1. The van der Waals surface area contributed by atoms with Crippen molar-refractivity contribution in [2.45, 2.75) is 91.3 Å². The minimum absolute atomic E-state index is 0.0617. The van der Waals surface area contributed by atoms with Gasteiger partial charge in [0.2, 0.25) is 0 Å². The van der Waals surface area contributed by atoms with Gasteiger partial charge in [0, 0.05) is 11.3 Å². The van der Waals surface area contributed by atoms with Crippen LogP contribution in [0.1, 0.15) is 74.1 Å². The van der Waals surface area contributed by atoms with Gasteiger partial charge in [-0.25, -0.2) is 4.39 Å². The highest BCUT2D eigenvalue weighted by Crippen LogP contribution is 2.70. The second-order valence-electron chi connectivity index (χ2n) is 11.9. The highest BCUT2D eigenvalue weighted by molar-refractivity contribution is 6.26. The Morgan fingerprint density at radius 2 is 1.83 bits per heavy atom. The first-order chi connectivity index (χ1) is 16.2. The molecule has 196 valence electrons. The Bertz CT molecular complexity index is 951. The molecule has 35 heavy (non-hydrogen) atoms. The lowest BCUT2D eigenvalue weighted by atomic mass is 9.46. The lowest BCUT2D eigenvalue weighted by molar-refractivity contribution is -0.159. The third-order valence-corrected chi connectivity index (χ3v) is 9.90. The molecule has 1 N–H and O–H groups in total. The van der Waals surface area contributed by atoms with E-state index in [2.05, 4.69) is 0 Å². The highest BCUT2D eigenvalue weighted by Gasteiger charge is 2.70. The number of Topliss-reactive ketones (excluding diaryl/α,β-unsaturated/α-hetero) is 1. The van der Waals surface area contributed by atoms with Crippen LogP contribution in [0.4, 0.5) is 4.39 Å². The van der Waals surface area contributed by atoms with Gasteiger partial charge in [0.1, 0.15) is 12.8 Å². The molecule has 4 aliphatic carbocycles. The summed E-state index contributed by atoms with van der Waals surface area (Å²) in [4.78, 5) is 36.1. The first-order valence-electron chi connectivity index (χ1n) is 12.8. The second-order valence-corrected chi connectivity index (χ2v) is 12.5. The van der Waals surface area contributed by atoms with Crippen LogP contribution in [0.3, 0.4) is 0 Å². The topological polar surface area (TPSA) is 80.7 Å². The van der Waals surface area contributed by atoms with Gasteiger partial charge in [0.25, 0.3) is 0 Å². The number of fused-ring (bicyclic) bond motifs is 5. The predicted octanol–water partition coefficient (Wildman–Crippen LogP) is 5.38. The van der Waals surface area contributed by atoms with Crippen LogP contribution in [-0.2, 0) is 19.1 Å². The van der Waals surface area contributed by atoms with Crippen molar-refractivity contribution in [3.8, 4) is 0 Å². The quantitative estimate of drug-likeness (QED) is 0.407. The van der Waals surface area contributed by atoms with Crippen molar-refractivity contribution in [1.29, 1.82) is 0 Å². The Hall–Kier alpha value is -1.53. The minimum Gasteiger partial charge on any atom is -0.457 e. The number of rotatable bonds is 3. The number of halogens is 2. The van der Waals surface area contributed by atoms with Crippen molar-refractivity contribution in [2.24, 2.45) is 34.0 Å². The monoisotopic (exact) mass is 510 g/mol. The van der Waals surface area contributed by atoms with E-state index in [9.17, 15) is 19.5 Å². The maximum absolute atomic E-state index is 15.4. The van der Waals surface area contributed by atoms with Crippen molar-refractivity contribution in [1.82, 2.24) is 0 Å². The molecule has 0 amide bonds. The maximum atomic E-state index is 15.4. The minimum atomic E-state index is -1.34. The van der Waals surface area contributed by atoms with Gasteiger partial charge in [-0.1, -0.05) is 33.8 Å². The zero-order chi connectivity index (χ0) is 26.6. The SMILES string of the molecule is CC.CC(C)(C)C(=O)OCC(=O)C1CCC2C3C[C@H](F)C4=CC(=O)C=C[C@]4(C)[C@@]3(Cl)[C@@H](O)C[C@]12C. The molecule has 0 aromatic carbocycles. The number of alkyl halides is 2. The van der Waals surface area contributed by atoms with Crippen molar-refractivity contribution in [3.63, 3.8) is 0 Å². The van der Waals surface area contributed by atoms with Crippen LogP contribution in [0.2, 0.25) is 0 Å². The Morgan fingerprint density at radius 3 is 2.43 bits per heavy atom. The molecule has 8 atom stereocenters. The summed E-state index contributed by atoms with van der Waals surface area (Å²) in [5.74, 6) is -1.68. The van der Waals surface area contributed by atoms with Crippen molar-refractivity contribution in [3.05, 3.63) is 23.8 Å². The van der Waals surface area contributed by atoms with Gasteiger partial charge in [0.15, 0.2) is 11.6 Å². The van der Waals surface area contributed by atoms with Gasteiger partial charge in [-0.3, -0.25) is 14.4 Å². The van der Waals surface area contributed by atoms with E-state index in [1.165, 1.54) is 12.2 Å². The summed E-state index contributed by atoms with van der Waals surface area (Å²) in [6.45, 7) is 12.7. The summed E-state index contributed by atoms with van der Waals surface area (Å²) in [7, 11) is 0. The lowest BCUT2D eigenvalue weighted by Gasteiger charge is -2.63. The molecular weight excluding hydrogens is 471 g/mol. The van der Waals surface area contributed by atoms with Gasteiger partial charge in [-0.15, -0.1) is 11.6 Å². The molecule has 5 nitrogen and oxygen atoms in total. The number of ether oxygens (including phenoxy) is 1. The number of hydrogen-bond donors (Lipinski definition) is 1. The molecule has 0 saturated heterocycles. The molecule has 7 heteroatoms. The van der Waals surface area contributed by atoms with E-state index in [1.807, 2.05) is 27.7 Å². The molecule has 4 aliphatic rings. The molecule has 0 heterocycles. The Balaban J connectivity index is 0.00000167. The average Bonchev–Trinajstić information content (AvgIpc) is 3.12. The molecule has 4 rings (SSSR count). The van der Waals surface area contributed by atoms with Gasteiger partial charge >= 0.3 is 5.97 Å². The number of ketones is 2. The number of carbonyl (C=O) groups excluding carboxylic acids is 3. The molecule has 0 aliphatic heterocycles. The van der Waals surface area contributed by atoms with Gasteiger partial charge in [-0.2, -0.15) is 0 Å². The Kier molecular flexibility index (Phi) is 7.54. The normalized spacial score (nSPS) is 42.1. The summed E-state index contributed by atoms with van der Waals surface area (Å²) in [6, 6.07) is 0. The van der Waals surface area contributed by atoms with E-state index < -0.39 is 45.3 Å². The van der Waals surface area contributed by atoms with Crippen LogP contribution in [0.15, 0.2) is 23.8 Å². The molecule has 0 aromatic rings. The van der Waals surface area contributed by atoms with Crippen LogP contribution >= 0.6 is 11.6 Å². The van der Waals surface area contributed by atoms with Gasteiger partial charge < -0.3 is 9.84 Å². The molecule has 3 saturated carbocycles. The summed E-state index contributed by atoms with van der Waals surface area (Å²) < 4.78 is 20.7.